The predicted octanol–water partition coefficient (Wildman–Crippen LogP) is 12.0. The Morgan fingerprint density at radius 2 is 1.21 bits per heavy atom. The molecule has 11 aliphatic carbocycles. The van der Waals surface area contributed by atoms with Gasteiger partial charge in [0.15, 0.2) is 0 Å². The average Bonchev–Trinajstić information content (AvgIpc) is 3.55. The molecule has 11 aliphatic rings. The highest BCUT2D eigenvalue weighted by Crippen LogP contribution is 2.81. The van der Waals surface area contributed by atoms with Gasteiger partial charge in [0.25, 0.3) is 0 Å². The van der Waals surface area contributed by atoms with E-state index in [1.54, 1.807) is 128 Å². The third-order valence-corrected chi connectivity index (χ3v) is 19.4. The molecule has 0 N–H and O–H groups in total. The molecular weight excluding hydrogens is 516 g/mol. The largest absolute Gasteiger partial charge is 0.0808 e. The Balaban J connectivity index is 1.21. The minimum Gasteiger partial charge on any atom is -0.0808 e. The van der Waals surface area contributed by atoms with Crippen LogP contribution in [0.4, 0.5) is 0 Å². The monoisotopic (exact) mass is 583 g/mol. The van der Waals surface area contributed by atoms with Gasteiger partial charge in [-0.15, -0.1) is 0 Å². The Labute approximate surface area is 265 Å². The Morgan fingerprint density at radius 3 is 1.88 bits per heavy atom. The highest BCUT2D eigenvalue weighted by atomic mass is 14.8. The molecule has 0 heteroatoms. The molecule has 11 rings (SSSR count). The van der Waals surface area contributed by atoms with Crippen molar-refractivity contribution in [1.82, 2.24) is 0 Å². The third-order valence-electron chi connectivity index (χ3n) is 19.4. The summed E-state index contributed by atoms with van der Waals surface area (Å²) in [4.78, 5) is 0. The van der Waals surface area contributed by atoms with Crippen molar-refractivity contribution in [2.75, 3.05) is 0 Å². The first kappa shape index (κ1) is 27.8. The predicted molar refractivity (Wildman–Crippen MR) is 178 cm³/mol. The van der Waals surface area contributed by atoms with Crippen LogP contribution in [0.25, 0.3) is 0 Å². The van der Waals surface area contributed by atoms with E-state index in [-0.39, 0.29) is 0 Å². The second-order valence-electron chi connectivity index (χ2n) is 20.5. The van der Waals surface area contributed by atoms with Crippen molar-refractivity contribution in [2.45, 2.75) is 162 Å². The lowest BCUT2D eigenvalue weighted by molar-refractivity contribution is -0.240. The Morgan fingerprint density at radius 1 is 0.558 bits per heavy atom. The minimum atomic E-state index is 0.467. The summed E-state index contributed by atoms with van der Waals surface area (Å²) in [5.74, 6) is 12.7. The molecule has 238 valence electrons. The highest BCUT2D eigenvalue weighted by molar-refractivity contribution is 5.38. The van der Waals surface area contributed by atoms with E-state index < -0.39 is 0 Å². The van der Waals surface area contributed by atoms with E-state index in [1.807, 2.05) is 0 Å². The molecule has 0 spiro atoms. The molecule has 0 aromatic carbocycles. The zero-order chi connectivity index (χ0) is 28.8. The zero-order valence-corrected chi connectivity index (χ0v) is 28.6. The van der Waals surface area contributed by atoms with Crippen LogP contribution >= 0.6 is 0 Å². The summed E-state index contributed by atoms with van der Waals surface area (Å²) in [6.45, 7) is 8.25. The van der Waals surface area contributed by atoms with Crippen LogP contribution in [0.2, 0.25) is 0 Å². The van der Waals surface area contributed by atoms with Gasteiger partial charge in [-0.05, 0) is 183 Å². The number of allylic oxidation sites excluding steroid dienone is 2. The third kappa shape index (κ3) is 3.47. The topological polar surface area (TPSA) is 0 Å². The minimum absolute atomic E-state index is 0.467. The van der Waals surface area contributed by atoms with Gasteiger partial charge in [0.05, 0.1) is 0 Å². The van der Waals surface area contributed by atoms with Crippen molar-refractivity contribution in [3.63, 3.8) is 0 Å². The smallest absolute Gasteiger partial charge is 0.00563 e. The number of fused-ring (bicyclic) bond motifs is 6. The van der Waals surface area contributed by atoms with Gasteiger partial charge in [-0.1, -0.05) is 83.8 Å². The normalized spacial score (nSPS) is 59.5. The molecular formula is C43H66. The molecule has 0 aromatic heterocycles. The lowest BCUT2D eigenvalue weighted by Gasteiger charge is -2.74. The summed E-state index contributed by atoms with van der Waals surface area (Å²) < 4.78 is 0. The molecule has 0 nitrogen and oxygen atoms in total. The van der Waals surface area contributed by atoms with Crippen LogP contribution in [0.1, 0.15) is 162 Å². The lowest BCUT2D eigenvalue weighted by Crippen LogP contribution is -2.67. The number of rotatable bonds is 3. The van der Waals surface area contributed by atoms with Gasteiger partial charge in [0, 0.05) is 0 Å². The quantitative estimate of drug-likeness (QED) is 0.290. The summed E-state index contributed by atoms with van der Waals surface area (Å²) >= 11 is 0. The zero-order valence-electron chi connectivity index (χ0n) is 28.6. The van der Waals surface area contributed by atoms with Crippen LogP contribution in [0, 0.1) is 92.7 Å². The molecule has 0 aliphatic heterocycles. The van der Waals surface area contributed by atoms with Gasteiger partial charge >= 0.3 is 0 Å². The van der Waals surface area contributed by atoms with Crippen LogP contribution in [0.3, 0.4) is 0 Å². The molecule has 0 saturated heterocycles. The van der Waals surface area contributed by atoms with Gasteiger partial charge in [-0.2, -0.15) is 0 Å². The molecule has 0 heterocycles. The Hall–Kier alpha value is -0.260. The molecule has 11 unspecified atom stereocenters. The fraction of sp³-hybridized carbons (Fsp3) is 0.953. The first-order valence-corrected chi connectivity index (χ1v) is 20.6. The van der Waals surface area contributed by atoms with Crippen molar-refractivity contribution >= 4 is 0 Å². The van der Waals surface area contributed by atoms with Crippen molar-refractivity contribution in [3.8, 4) is 0 Å². The fourth-order valence-corrected chi connectivity index (χ4v) is 18.2. The van der Waals surface area contributed by atoms with Gasteiger partial charge in [0.2, 0.25) is 0 Å². The highest BCUT2D eigenvalue weighted by Gasteiger charge is 2.74. The molecule has 6 bridgehead atoms. The summed E-state index contributed by atoms with van der Waals surface area (Å²) in [6.07, 6.45) is 38.3. The summed E-state index contributed by atoms with van der Waals surface area (Å²) in [7, 11) is 0. The first-order chi connectivity index (χ1) is 20.8. The van der Waals surface area contributed by atoms with Crippen molar-refractivity contribution in [3.05, 3.63) is 11.6 Å². The van der Waals surface area contributed by atoms with E-state index in [9.17, 15) is 0 Å². The molecule has 0 amide bonds. The van der Waals surface area contributed by atoms with Crippen LogP contribution in [-0.2, 0) is 0 Å². The molecule has 0 radical (unpaired) electrons. The number of hydrogen-bond donors (Lipinski definition) is 0. The Kier molecular flexibility index (Phi) is 6.10. The van der Waals surface area contributed by atoms with Crippen molar-refractivity contribution < 1.29 is 0 Å². The van der Waals surface area contributed by atoms with Gasteiger partial charge in [-0.25, -0.2) is 0 Å². The second-order valence-corrected chi connectivity index (χ2v) is 20.5. The maximum Gasteiger partial charge on any atom is -0.00563 e. The standard InChI is InChI=1S/C43H66/c1-40(2)32-17-18-41(40,3)39(23-32)37-16-15-35-33-12-6-5-10-31(33)22-38(35)43(37,36-14-8-11-30-9-4-7-13-34(30)36)42-24-27-19-28(25-42)21-29(20-27)26-42/h23,27-38H,4-22,24-26H2,1-3H3. The maximum absolute atomic E-state index is 3.05. The van der Waals surface area contributed by atoms with E-state index in [2.05, 4.69) is 32.4 Å². The van der Waals surface area contributed by atoms with Crippen molar-refractivity contribution in [1.29, 1.82) is 0 Å². The van der Waals surface area contributed by atoms with Gasteiger partial charge < -0.3 is 0 Å². The Bertz CT molecular complexity index is 1120. The van der Waals surface area contributed by atoms with E-state index in [0.717, 1.165) is 71.0 Å². The van der Waals surface area contributed by atoms with Gasteiger partial charge in [-0.3, -0.25) is 0 Å². The van der Waals surface area contributed by atoms with E-state index in [0.29, 0.717) is 21.7 Å². The van der Waals surface area contributed by atoms with Crippen molar-refractivity contribution in [2.24, 2.45) is 92.7 Å². The molecule has 11 atom stereocenters. The molecule has 10 fully saturated rings. The first-order valence-electron chi connectivity index (χ1n) is 20.6. The maximum atomic E-state index is 3.05. The lowest BCUT2D eigenvalue weighted by atomic mass is 9.31. The SMILES string of the molecule is CC12CCC(C=C1C1CCC3C4CCCCC4CC3C1(C1CCCC3CCCCC31)C13CC4CC(CC(C4)C1)C3)C2(C)C. The van der Waals surface area contributed by atoms with Crippen LogP contribution in [0.5, 0.6) is 0 Å². The molecule has 43 heavy (non-hydrogen) atoms. The second kappa shape index (κ2) is 9.42. The van der Waals surface area contributed by atoms with E-state index >= 15 is 0 Å². The van der Waals surface area contributed by atoms with Crippen LogP contribution in [0.15, 0.2) is 11.6 Å². The van der Waals surface area contributed by atoms with Crippen LogP contribution in [-0.4, -0.2) is 0 Å². The fourth-order valence-electron chi connectivity index (χ4n) is 18.2. The van der Waals surface area contributed by atoms with E-state index in [1.165, 1.54) is 12.8 Å². The average molecular weight is 583 g/mol. The van der Waals surface area contributed by atoms with Gasteiger partial charge in [0.1, 0.15) is 0 Å². The molecule has 0 aromatic rings. The summed E-state index contributed by atoms with van der Waals surface area (Å²) in [6, 6.07) is 0. The van der Waals surface area contributed by atoms with E-state index in [4.69, 9.17) is 0 Å². The number of hydrogen-bond acceptors (Lipinski definition) is 0. The van der Waals surface area contributed by atoms with Crippen LogP contribution < -0.4 is 0 Å². The molecule has 10 saturated carbocycles. The summed E-state index contributed by atoms with van der Waals surface area (Å²) in [5.41, 5.74) is 4.39. The summed E-state index contributed by atoms with van der Waals surface area (Å²) in [5, 5.41) is 0.